The average Bonchev–Trinajstić information content (AvgIpc) is 3.44. The first kappa shape index (κ1) is 19.4. The SMILES string of the molecule is O=C(Nc1ccnn1C1CCN(Cc2cccc3nonc23)CC1)c1cccc(F)c1. The monoisotopic (exact) mass is 420 g/mol. The second kappa shape index (κ2) is 8.27. The van der Waals surface area contributed by atoms with Crippen LogP contribution in [-0.2, 0) is 6.54 Å². The molecular formula is C22H21FN6O2. The third kappa shape index (κ3) is 4.04. The zero-order valence-corrected chi connectivity index (χ0v) is 16.7. The average molecular weight is 420 g/mol. The van der Waals surface area contributed by atoms with E-state index in [9.17, 15) is 9.18 Å². The van der Waals surface area contributed by atoms with Crippen molar-refractivity contribution in [1.82, 2.24) is 25.0 Å². The van der Waals surface area contributed by atoms with Crippen molar-refractivity contribution in [2.45, 2.75) is 25.4 Å². The molecule has 1 aliphatic heterocycles. The number of fused-ring (bicyclic) bond motifs is 1. The van der Waals surface area contributed by atoms with Crippen LogP contribution in [0.5, 0.6) is 0 Å². The highest BCUT2D eigenvalue weighted by Gasteiger charge is 2.24. The Morgan fingerprint density at radius 1 is 1.13 bits per heavy atom. The van der Waals surface area contributed by atoms with Crippen LogP contribution in [0.2, 0.25) is 0 Å². The molecule has 0 spiro atoms. The van der Waals surface area contributed by atoms with E-state index in [1.807, 2.05) is 22.9 Å². The van der Waals surface area contributed by atoms with Gasteiger partial charge in [0.2, 0.25) is 0 Å². The molecule has 1 fully saturated rings. The highest BCUT2D eigenvalue weighted by atomic mass is 19.1. The quantitative estimate of drug-likeness (QED) is 0.530. The number of anilines is 1. The van der Waals surface area contributed by atoms with E-state index in [0.717, 1.165) is 49.1 Å². The van der Waals surface area contributed by atoms with E-state index in [1.54, 1.807) is 18.3 Å². The Kier molecular flexibility index (Phi) is 5.17. The minimum absolute atomic E-state index is 0.179. The maximum absolute atomic E-state index is 13.4. The molecule has 8 nitrogen and oxygen atoms in total. The van der Waals surface area contributed by atoms with Gasteiger partial charge in [0.15, 0.2) is 0 Å². The zero-order chi connectivity index (χ0) is 21.2. The minimum atomic E-state index is -0.439. The molecule has 1 saturated heterocycles. The van der Waals surface area contributed by atoms with Crippen molar-refractivity contribution in [2.24, 2.45) is 0 Å². The fourth-order valence-corrected chi connectivity index (χ4v) is 4.08. The van der Waals surface area contributed by atoms with Crippen LogP contribution in [0.25, 0.3) is 11.0 Å². The summed E-state index contributed by atoms with van der Waals surface area (Å²) in [5.74, 6) is -0.176. The molecule has 1 aliphatic rings. The Bertz CT molecular complexity index is 1210. The topological polar surface area (TPSA) is 89.1 Å². The molecule has 158 valence electrons. The van der Waals surface area contributed by atoms with Gasteiger partial charge in [0.05, 0.1) is 12.2 Å². The molecule has 4 aromatic rings. The number of rotatable bonds is 5. The van der Waals surface area contributed by atoms with E-state index in [0.29, 0.717) is 5.82 Å². The second-order valence-corrected chi connectivity index (χ2v) is 7.68. The van der Waals surface area contributed by atoms with Gasteiger partial charge >= 0.3 is 0 Å². The fraction of sp³-hybridized carbons (Fsp3) is 0.273. The van der Waals surface area contributed by atoms with Crippen LogP contribution in [0.15, 0.2) is 59.4 Å². The Balaban J connectivity index is 1.23. The zero-order valence-electron chi connectivity index (χ0n) is 16.7. The molecule has 3 heterocycles. The fourth-order valence-electron chi connectivity index (χ4n) is 4.08. The van der Waals surface area contributed by atoms with Crippen LogP contribution >= 0.6 is 0 Å². The van der Waals surface area contributed by atoms with Crippen LogP contribution in [0.4, 0.5) is 10.2 Å². The minimum Gasteiger partial charge on any atom is -0.307 e. The van der Waals surface area contributed by atoms with Gasteiger partial charge < -0.3 is 5.32 Å². The van der Waals surface area contributed by atoms with Crippen LogP contribution in [0, 0.1) is 5.82 Å². The number of carbonyl (C=O) groups is 1. The van der Waals surface area contributed by atoms with Gasteiger partial charge in [0, 0.05) is 31.3 Å². The molecular weight excluding hydrogens is 399 g/mol. The maximum Gasteiger partial charge on any atom is 0.256 e. The van der Waals surface area contributed by atoms with E-state index < -0.39 is 5.82 Å². The molecule has 0 aliphatic carbocycles. The standard InChI is InChI=1S/C22H21FN6O2/c23-17-5-1-3-15(13-17)22(30)25-20-7-10-24-29(20)18-8-11-28(12-9-18)14-16-4-2-6-19-21(16)27-31-26-19/h1-7,10,13,18H,8-9,11-12,14H2,(H,25,30). The van der Waals surface area contributed by atoms with Crippen molar-refractivity contribution in [2.75, 3.05) is 18.4 Å². The summed E-state index contributed by atoms with van der Waals surface area (Å²) in [6.45, 7) is 2.56. The van der Waals surface area contributed by atoms with Crippen LogP contribution in [-0.4, -0.2) is 44.0 Å². The molecule has 1 amide bonds. The Labute approximate surface area is 177 Å². The van der Waals surface area contributed by atoms with E-state index in [4.69, 9.17) is 4.63 Å². The predicted octanol–water partition coefficient (Wildman–Crippen LogP) is 3.65. The lowest BCUT2D eigenvalue weighted by molar-refractivity contribution is 0.102. The summed E-state index contributed by atoms with van der Waals surface area (Å²) in [6.07, 6.45) is 3.47. The molecule has 2 aromatic heterocycles. The van der Waals surface area contributed by atoms with Crippen molar-refractivity contribution < 1.29 is 13.8 Å². The normalized spacial score (nSPS) is 15.4. The molecule has 0 bridgehead atoms. The number of nitrogens with one attached hydrogen (secondary N) is 1. The number of benzene rings is 2. The van der Waals surface area contributed by atoms with Crippen molar-refractivity contribution in [1.29, 1.82) is 0 Å². The summed E-state index contributed by atoms with van der Waals surface area (Å²) in [6, 6.07) is 13.5. The number of nitrogens with zero attached hydrogens (tertiary/aromatic N) is 5. The summed E-state index contributed by atoms with van der Waals surface area (Å²) >= 11 is 0. The first-order valence-corrected chi connectivity index (χ1v) is 10.2. The van der Waals surface area contributed by atoms with Gasteiger partial charge in [-0.3, -0.25) is 9.69 Å². The molecule has 5 rings (SSSR count). The number of hydrogen-bond acceptors (Lipinski definition) is 6. The van der Waals surface area contributed by atoms with Gasteiger partial charge in [-0.05, 0) is 53.0 Å². The number of aromatic nitrogens is 4. The molecule has 2 aromatic carbocycles. The predicted molar refractivity (Wildman–Crippen MR) is 112 cm³/mol. The third-order valence-electron chi connectivity index (χ3n) is 5.67. The first-order valence-electron chi connectivity index (χ1n) is 10.2. The third-order valence-corrected chi connectivity index (χ3v) is 5.67. The summed E-state index contributed by atoms with van der Waals surface area (Å²) in [5, 5.41) is 15.2. The number of halogens is 1. The van der Waals surface area contributed by atoms with Crippen LogP contribution in [0.1, 0.15) is 34.8 Å². The molecule has 9 heteroatoms. The largest absolute Gasteiger partial charge is 0.307 e. The molecule has 0 unspecified atom stereocenters. The molecule has 0 radical (unpaired) electrons. The molecule has 1 N–H and O–H groups in total. The van der Waals surface area contributed by atoms with Gasteiger partial charge in [-0.2, -0.15) is 5.10 Å². The van der Waals surface area contributed by atoms with Gasteiger partial charge in [-0.15, -0.1) is 0 Å². The van der Waals surface area contributed by atoms with Crippen LogP contribution < -0.4 is 5.32 Å². The summed E-state index contributed by atoms with van der Waals surface area (Å²) < 4.78 is 20.1. The van der Waals surface area contributed by atoms with Crippen molar-refractivity contribution >= 4 is 22.8 Å². The van der Waals surface area contributed by atoms with E-state index in [2.05, 4.69) is 25.6 Å². The van der Waals surface area contributed by atoms with E-state index >= 15 is 0 Å². The van der Waals surface area contributed by atoms with E-state index in [-0.39, 0.29) is 17.5 Å². The van der Waals surface area contributed by atoms with E-state index in [1.165, 1.54) is 18.2 Å². The lowest BCUT2D eigenvalue weighted by Crippen LogP contribution is -2.35. The van der Waals surface area contributed by atoms with Gasteiger partial charge in [0.1, 0.15) is 22.7 Å². The van der Waals surface area contributed by atoms with Gasteiger partial charge in [-0.1, -0.05) is 18.2 Å². The number of hydrogen-bond donors (Lipinski definition) is 1. The number of likely N-dealkylation sites (tertiary alicyclic amines) is 1. The smallest absolute Gasteiger partial charge is 0.256 e. The summed E-state index contributed by atoms with van der Waals surface area (Å²) in [4.78, 5) is 14.9. The Morgan fingerprint density at radius 2 is 1.97 bits per heavy atom. The Hall–Kier alpha value is -3.59. The summed E-state index contributed by atoms with van der Waals surface area (Å²) in [7, 11) is 0. The van der Waals surface area contributed by atoms with Crippen molar-refractivity contribution in [3.05, 3.63) is 71.7 Å². The Morgan fingerprint density at radius 3 is 2.81 bits per heavy atom. The summed E-state index contributed by atoms with van der Waals surface area (Å²) in [5.41, 5.74) is 2.94. The molecule has 31 heavy (non-hydrogen) atoms. The molecule has 0 atom stereocenters. The highest BCUT2D eigenvalue weighted by molar-refractivity contribution is 6.03. The second-order valence-electron chi connectivity index (χ2n) is 7.68. The first-order chi connectivity index (χ1) is 15.2. The van der Waals surface area contributed by atoms with Crippen LogP contribution in [0.3, 0.4) is 0 Å². The van der Waals surface area contributed by atoms with Gasteiger partial charge in [-0.25, -0.2) is 13.7 Å². The highest BCUT2D eigenvalue weighted by Crippen LogP contribution is 2.27. The number of carbonyl (C=O) groups excluding carboxylic acids is 1. The lowest BCUT2D eigenvalue weighted by atomic mass is 10.0. The lowest BCUT2D eigenvalue weighted by Gasteiger charge is -2.32. The maximum atomic E-state index is 13.4. The number of piperidine rings is 1. The van der Waals surface area contributed by atoms with Gasteiger partial charge in [0.25, 0.3) is 5.91 Å². The molecule has 0 saturated carbocycles. The number of amides is 1. The van der Waals surface area contributed by atoms with Crippen molar-refractivity contribution in [3.8, 4) is 0 Å². The van der Waals surface area contributed by atoms with Crippen molar-refractivity contribution in [3.63, 3.8) is 0 Å².